The fraction of sp³-hybridized carbons (Fsp3) is 0.385. The van der Waals surface area contributed by atoms with Crippen LogP contribution in [0.2, 0.25) is 0 Å². The number of ketones is 1. The number of hydrogen-bond donors (Lipinski definition) is 3. The fourth-order valence-electron chi connectivity index (χ4n) is 2.02. The van der Waals surface area contributed by atoms with Crippen LogP contribution in [0, 0.1) is 0 Å². The molecule has 0 aromatic heterocycles. The normalized spacial score (nSPS) is 15.8. The topological polar surface area (TPSA) is 78.4 Å². The van der Waals surface area contributed by atoms with E-state index in [1.54, 1.807) is 25.2 Å². The number of hydrogen-bond acceptors (Lipinski definition) is 4. The minimum atomic E-state index is -1.04. The van der Waals surface area contributed by atoms with Crippen LogP contribution in [0.1, 0.15) is 22.3 Å². The Bertz CT molecular complexity index is 485. The van der Waals surface area contributed by atoms with E-state index in [1.165, 1.54) is 0 Å². The first-order valence-electron chi connectivity index (χ1n) is 5.91. The number of aliphatic hydroxyl groups excluding tert-OH is 1. The lowest BCUT2D eigenvalue weighted by molar-refractivity contribution is -0.116. The van der Waals surface area contributed by atoms with E-state index in [2.05, 4.69) is 10.6 Å². The molecule has 0 aliphatic carbocycles. The third kappa shape index (κ3) is 2.57. The molecule has 1 aliphatic heterocycles. The van der Waals surface area contributed by atoms with Crippen molar-refractivity contribution in [1.29, 1.82) is 0 Å². The lowest BCUT2D eigenvalue weighted by atomic mass is 9.97. The second-order valence-electron chi connectivity index (χ2n) is 4.36. The average Bonchev–Trinajstić information content (AvgIpc) is 2.37. The number of amides is 1. The van der Waals surface area contributed by atoms with Crippen molar-refractivity contribution in [2.45, 2.75) is 18.9 Å². The Balaban J connectivity index is 2.21. The molecule has 0 saturated carbocycles. The number of benzene rings is 1. The second-order valence-corrected chi connectivity index (χ2v) is 4.36. The molecular formula is C13H16N2O3. The van der Waals surface area contributed by atoms with Gasteiger partial charge in [0.15, 0.2) is 5.78 Å². The summed E-state index contributed by atoms with van der Waals surface area (Å²) in [6.07, 6.45) is 0.0277. The number of carbonyl (C=O) groups is 2. The van der Waals surface area contributed by atoms with Gasteiger partial charge in [0.1, 0.15) is 6.10 Å². The highest BCUT2D eigenvalue weighted by Gasteiger charge is 2.20. The Morgan fingerprint density at radius 3 is 3.00 bits per heavy atom. The molecule has 1 atom stereocenters. The van der Waals surface area contributed by atoms with E-state index in [0.29, 0.717) is 18.4 Å². The summed E-state index contributed by atoms with van der Waals surface area (Å²) in [5.41, 5.74) is 2.18. The molecule has 1 aromatic rings. The minimum Gasteiger partial charge on any atom is -0.384 e. The van der Waals surface area contributed by atoms with Crippen LogP contribution in [0.15, 0.2) is 18.2 Å². The van der Waals surface area contributed by atoms with E-state index in [4.69, 9.17) is 0 Å². The van der Waals surface area contributed by atoms with Gasteiger partial charge >= 0.3 is 0 Å². The Morgan fingerprint density at radius 1 is 1.50 bits per heavy atom. The molecule has 1 aromatic carbocycles. The van der Waals surface area contributed by atoms with Crippen molar-refractivity contribution in [3.8, 4) is 0 Å². The van der Waals surface area contributed by atoms with Crippen LogP contribution in [-0.2, 0) is 11.2 Å². The van der Waals surface area contributed by atoms with Gasteiger partial charge in [-0.25, -0.2) is 0 Å². The summed E-state index contributed by atoms with van der Waals surface area (Å²) in [5.74, 6) is -0.305. The zero-order chi connectivity index (χ0) is 13.1. The van der Waals surface area contributed by atoms with Crippen molar-refractivity contribution in [3.05, 3.63) is 29.3 Å². The molecule has 1 aliphatic rings. The molecule has 0 radical (unpaired) electrons. The standard InChI is InChI=1S/C13H16N2O3/c1-14-7-11(16)13(18)9-2-4-10-8(6-9)3-5-12(17)15-10/h2,4,6,11,14,16H,3,5,7H2,1H3,(H,15,17). The number of aliphatic hydroxyl groups is 1. The van der Waals surface area contributed by atoms with Gasteiger partial charge in [0.2, 0.25) is 5.91 Å². The molecular weight excluding hydrogens is 232 g/mol. The summed E-state index contributed by atoms with van der Waals surface area (Å²) >= 11 is 0. The summed E-state index contributed by atoms with van der Waals surface area (Å²) in [4.78, 5) is 23.1. The van der Waals surface area contributed by atoms with Gasteiger partial charge < -0.3 is 15.7 Å². The largest absolute Gasteiger partial charge is 0.384 e. The van der Waals surface area contributed by atoms with Gasteiger partial charge in [-0.3, -0.25) is 9.59 Å². The first-order chi connectivity index (χ1) is 8.61. The van der Waals surface area contributed by atoms with E-state index >= 15 is 0 Å². The summed E-state index contributed by atoms with van der Waals surface area (Å²) in [6.45, 7) is 0.229. The van der Waals surface area contributed by atoms with Gasteiger partial charge in [-0.2, -0.15) is 0 Å². The van der Waals surface area contributed by atoms with Crippen molar-refractivity contribution in [3.63, 3.8) is 0 Å². The minimum absolute atomic E-state index is 0.00297. The number of fused-ring (bicyclic) bond motifs is 1. The number of nitrogens with one attached hydrogen (secondary N) is 2. The van der Waals surface area contributed by atoms with Gasteiger partial charge in [-0.15, -0.1) is 0 Å². The highest BCUT2D eigenvalue weighted by atomic mass is 16.3. The summed E-state index contributed by atoms with van der Waals surface area (Å²) in [7, 11) is 1.68. The number of rotatable bonds is 4. The van der Waals surface area contributed by atoms with Crippen LogP contribution < -0.4 is 10.6 Å². The zero-order valence-electron chi connectivity index (χ0n) is 10.2. The molecule has 5 heteroatoms. The third-order valence-electron chi connectivity index (χ3n) is 2.99. The first-order valence-corrected chi connectivity index (χ1v) is 5.91. The van der Waals surface area contributed by atoms with Crippen molar-refractivity contribution >= 4 is 17.4 Å². The van der Waals surface area contributed by atoms with E-state index < -0.39 is 6.10 Å². The fourth-order valence-corrected chi connectivity index (χ4v) is 2.02. The lowest BCUT2D eigenvalue weighted by Crippen LogP contribution is -2.31. The maximum atomic E-state index is 11.9. The number of anilines is 1. The summed E-state index contributed by atoms with van der Waals surface area (Å²) < 4.78 is 0. The van der Waals surface area contributed by atoms with Crippen LogP contribution >= 0.6 is 0 Å². The predicted molar refractivity (Wildman–Crippen MR) is 67.7 cm³/mol. The number of Topliss-reactive ketones (excluding diaryl/α,β-unsaturated/α-hetero) is 1. The van der Waals surface area contributed by atoms with E-state index in [-0.39, 0.29) is 18.2 Å². The Hall–Kier alpha value is -1.72. The molecule has 3 N–H and O–H groups in total. The Kier molecular flexibility index (Phi) is 3.74. The van der Waals surface area contributed by atoms with Crippen molar-refractivity contribution in [2.75, 3.05) is 18.9 Å². The molecule has 1 heterocycles. The van der Waals surface area contributed by atoms with Crippen molar-refractivity contribution in [1.82, 2.24) is 5.32 Å². The monoisotopic (exact) mass is 248 g/mol. The van der Waals surface area contributed by atoms with E-state index in [9.17, 15) is 14.7 Å². The van der Waals surface area contributed by atoms with Gasteiger partial charge in [0.25, 0.3) is 0 Å². The van der Waals surface area contributed by atoms with Gasteiger partial charge in [0, 0.05) is 24.2 Å². The molecule has 2 rings (SSSR count). The van der Waals surface area contributed by atoms with Crippen LogP contribution in [0.5, 0.6) is 0 Å². The molecule has 96 valence electrons. The highest BCUT2D eigenvalue weighted by molar-refractivity contribution is 6.01. The van der Waals surface area contributed by atoms with Crippen LogP contribution in [0.25, 0.3) is 0 Å². The summed E-state index contributed by atoms with van der Waals surface area (Å²) in [5, 5.41) is 15.1. The summed E-state index contributed by atoms with van der Waals surface area (Å²) in [6, 6.07) is 5.09. The van der Waals surface area contributed by atoms with Gasteiger partial charge in [-0.1, -0.05) is 0 Å². The molecule has 0 fully saturated rings. The molecule has 1 amide bonds. The first kappa shape index (κ1) is 12.7. The zero-order valence-corrected chi connectivity index (χ0v) is 10.2. The molecule has 1 unspecified atom stereocenters. The second kappa shape index (κ2) is 5.29. The number of aryl methyl sites for hydroxylation is 1. The quantitative estimate of drug-likeness (QED) is 0.671. The van der Waals surface area contributed by atoms with E-state index in [1.807, 2.05) is 0 Å². The van der Waals surface area contributed by atoms with Crippen molar-refractivity contribution in [2.24, 2.45) is 0 Å². The van der Waals surface area contributed by atoms with E-state index in [0.717, 1.165) is 11.3 Å². The molecule has 0 saturated heterocycles. The smallest absolute Gasteiger partial charge is 0.224 e. The molecule has 0 bridgehead atoms. The molecule has 0 spiro atoms. The maximum Gasteiger partial charge on any atom is 0.224 e. The third-order valence-corrected chi connectivity index (χ3v) is 2.99. The van der Waals surface area contributed by atoms with Crippen LogP contribution in [0.4, 0.5) is 5.69 Å². The van der Waals surface area contributed by atoms with Gasteiger partial charge in [0.05, 0.1) is 0 Å². The molecule has 5 nitrogen and oxygen atoms in total. The van der Waals surface area contributed by atoms with Crippen LogP contribution in [0.3, 0.4) is 0 Å². The van der Waals surface area contributed by atoms with Gasteiger partial charge in [-0.05, 0) is 37.2 Å². The predicted octanol–water partition coefficient (Wildman–Crippen LogP) is 0.334. The highest BCUT2D eigenvalue weighted by Crippen LogP contribution is 2.24. The maximum absolute atomic E-state index is 11.9. The van der Waals surface area contributed by atoms with Crippen LogP contribution in [-0.4, -0.2) is 36.5 Å². The Morgan fingerprint density at radius 2 is 2.28 bits per heavy atom. The SMILES string of the molecule is CNCC(O)C(=O)c1ccc2c(c1)CCC(=O)N2. The number of carbonyl (C=O) groups excluding carboxylic acids is 2. The average molecular weight is 248 g/mol. The molecule has 18 heavy (non-hydrogen) atoms. The Labute approximate surface area is 105 Å². The van der Waals surface area contributed by atoms with Crippen molar-refractivity contribution < 1.29 is 14.7 Å². The lowest BCUT2D eigenvalue weighted by Gasteiger charge is -2.18. The number of likely N-dealkylation sites (N-methyl/N-ethyl adjacent to an activating group) is 1.